The SMILES string of the molecule is CCNC(=NCc1nc(C)c(C)s1)NC1CCOc2ccccc21.I. The summed E-state index contributed by atoms with van der Waals surface area (Å²) in [6, 6.07) is 8.41. The second-order valence-corrected chi connectivity index (χ2v) is 7.10. The Bertz CT molecular complexity index is 712. The van der Waals surface area contributed by atoms with E-state index in [9.17, 15) is 0 Å². The Hall–Kier alpha value is -1.35. The molecule has 0 spiro atoms. The van der Waals surface area contributed by atoms with Crippen LogP contribution in [0.5, 0.6) is 5.75 Å². The number of thiazole rings is 1. The predicted octanol–water partition coefficient (Wildman–Crippen LogP) is 3.96. The monoisotopic (exact) mass is 472 g/mol. The standard InChI is InChI=1S/C18H24N4OS.HI/c1-4-19-18(20-11-17-21-12(2)13(3)24-17)22-15-9-10-23-16-8-6-5-7-14(15)16;/h5-8,15H,4,9-11H2,1-3H3,(H2,19,20,22);1H. The average molecular weight is 472 g/mol. The summed E-state index contributed by atoms with van der Waals surface area (Å²) < 4.78 is 5.73. The Morgan fingerprint density at radius 2 is 2.16 bits per heavy atom. The smallest absolute Gasteiger partial charge is 0.192 e. The number of fused-ring (bicyclic) bond motifs is 1. The molecule has 7 heteroatoms. The number of aliphatic imine (C=N–C) groups is 1. The van der Waals surface area contributed by atoms with Crippen molar-refractivity contribution < 1.29 is 4.74 Å². The summed E-state index contributed by atoms with van der Waals surface area (Å²) in [5.74, 6) is 1.79. The van der Waals surface area contributed by atoms with E-state index in [1.165, 1.54) is 10.4 Å². The molecular weight excluding hydrogens is 447 g/mol. The quantitative estimate of drug-likeness (QED) is 0.402. The Morgan fingerprint density at radius 3 is 2.88 bits per heavy atom. The average Bonchev–Trinajstić information content (AvgIpc) is 2.91. The number of aromatic nitrogens is 1. The number of aryl methyl sites for hydroxylation is 2. The molecule has 0 aliphatic carbocycles. The second-order valence-electron chi connectivity index (χ2n) is 5.82. The highest BCUT2D eigenvalue weighted by atomic mass is 127. The van der Waals surface area contributed by atoms with E-state index in [2.05, 4.69) is 35.5 Å². The summed E-state index contributed by atoms with van der Waals surface area (Å²) in [7, 11) is 0. The van der Waals surface area contributed by atoms with Crippen LogP contribution in [0, 0.1) is 13.8 Å². The molecule has 1 aliphatic rings. The van der Waals surface area contributed by atoms with Crippen molar-refractivity contribution in [2.45, 2.75) is 39.8 Å². The maximum absolute atomic E-state index is 5.73. The molecule has 1 aromatic carbocycles. The van der Waals surface area contributed by atoms with Crippen molar-refractivity contribution in [3.63, 3.8) is 0 Å². The van der Waals surface area contributed by atoms with Crippen molar-refractivity contribution in [3.8, 4) is 5.75 Å². The van der Waals surface area contributed by atoms with Crippen LogP contribution in [0.2, 0.25) is 0 Å². The van der Waals surface area contributed by atoms with Gasteiger partial charge in [0.05, 0.1) is 24.9 Å². The number of guanidine groups is 1. The van der Waals surface area contributed by atoms with Crippen LogP contribution in [0.25, 0.3) is 0 Å². The molecule has 1 aliphatic heterocycles. The van der Waals surface area contributed by atoms with Crippen LogP contribution in [0.15, 0.2) is 29.3 Å². The zero-order chi connectivity index (χ0) is 16.9. The van der Waals surface area contributed by atoms with E-state index in [-0.39, 0.29) is 30.0 Å². The number of para-hydroxylation sites is 1. The van der Waals surface area contributed by atoms with Crippen LogP contribution in [-0.4, -0.2) is 24.1 Å². The fourth-order valence-corrected chi connectivity index (χ4v) is 3.59. The second kappa shape index (κ2) is 9.38. The third kappa shape index (κ3) is 5.07. The molecule has 0 saturated heterocycles. The molecule has 0 fully saturated rings. The summed E-state index contributed by atoms with van der Waals surface area (Å²) in [6.45, 7) is 8.36. The highest BCUT2D eigenvalue weighted by Gasteiger charge is 2.21. The van der Waals surface area contributed by atoms with Crippen LogP contribution in [-0.2, 0) is 6.54 Å². The van der Waals surface area contributed by atoms with E-state index < -0.39 is 0 Å². The lowest BCUT2D eigenvalue weighted by Crippen LogP contribution is -2.41. The minimum absolute atomic E-state index is 0. The van der Waals surface area contributed by atoms with Crippen molar-refractivity contribution in [1.29, 1.82) is 0 Å². The lowest BCUT2D eigenvalue weighted by Gasteiger charge is -2.28. The van der Waals surface area contributed by atoms with Gasteiger partial charge < -0.3 is 15.4 Å². The molecule has 0 saturated carbocycles. The van der Waals surface area contributed by atoms with Crippen LogP contribution in [0.4, 0.5) is 0 Å². The predicted molar refractivity (Wildman–Crippen MR) is 114 cm³/mol. The third-order valence-corrected chi connectivity index (χ3v) is 5.12. The number of rotatable bonds is 4. The number of ether oxygens (including phenoxy) is 1. The van der Waals surface area contributed by atoms with Gasteiger partial charge in [-0.2, -0.15) is 0 Å². The Morgan fingerprint density at radius 1 is 1.36 bits per heavy atom. The zero-order valence-electron chi connectivity index (χ0n) is 14.8. The number of halogens is 1. The Balaban J connectivity index is 0.00000225. The van der Waals surface area contributed by atoms with Crippen molar-refractivity contribution >= 4 is 41.3 Å². The molecule has 3 rings (SSSR count). The van der Waals surface area contributed by atoms with E-state index in [4.69, 9.17) is 9.73 Å². The molecule has 25 heavy (non-hydrogen) atoms. The molecule has 0 amide bonds. The summed E-state index contributed by atoms with van der Waals surface area (Å²) in [4.78, 5) is 10.5. The minimum atomic E-state index is 0. The molecule has 0 radical (unpaired) electrons. The number of hydrogen-bond acceptors (Lipinski definition) is 4. The fraction of sp³-hybridized carbons (Fsp3) is 0.444. The maximum Gasteiger partial charge on any atom is 0.192 e. The summed E-state index contributed by atoms with van der Waals surface area (Å²) in [5, 5.41) is 7.92. The highest BCUT2D eigenvalue weighted by Crippen LogP contribution is 2.31. The topological polar surface area (TPSA) is 58.5 Å². The van der Waals surface area contributed by atoms with Gasteiger partial charge >= 0.3 is 0 Å². The van der Waals surface area contributed by atoms with E-state index >= 15 is 0 Å². The minimum Gasteiger partial charge on any atom is -0.493 e. The molecule has 0 bridgehead atoms. The molecule has 5 nitrogen and oxygen atoms in total. The number of hydrogen-bond donors (Lipinski definition) is 2. The van der Waals surface area contributed by atoms with E-state index in [1.54, 1.807) is 11.3 Å². The summed E-state index contributed by atoms with van der Waals surface area (Å²) >= 11 is 1.72. The van der Waals surface area contributed by atoms with Gasteiger partial charge in [0.1, 0.15) is 10.8 Å². The molecule has 136 valence electrons. The third-order valence-electron chi connectivity index (χ3n) is 4.06. The lowest BCUT2D eigenvalue weighted by molar-refractivity contribution is 0.261. The first-order chi connectivity index (χ1) is 11.7. The summed E-state index contributed by atoms with van der Waals surface area (Å²) in [5.41, 5.74) is 2.29. The van der Waals surface area contributed by atoms with E-state index in [0.29, 0.717) is 6.54 Å². The van der Waals surface area contributed by atoms with Gasteiger partial charge in [-0.05, 0) is 26.8 Å². The van der Waals surface area contributed by atoms with Crippen LogP contribution >= 0.6 is 35.3 Å². The number of nitrogens with one attached hydrogen (secondary N) is 2. The fourth-order valence-electron chi connectivity index (χ4n) is 2.73. The molecule has 1 aromatic heterocycles. The molecular formula is C18H25IN4OS. The maximum atomic E-state index is 5.73. The van der Waals surface area contributed by atoms with Crippen molar-refractivity contribution in [1.82, 2.24) is 15.6 Å². The van der Waals surface area contributed by atoms with E-state index in [1.807, 2.05) is 25.1 Å². The first kappa shape index (κ1) is 20.0. The molecule has 2 heterocycles. The van der Waals surface area contributed by atoms with Gasteiger partial charge in [0.25, 0.3) is 0 Å². The van der Waals surface area contributed by atoms with Gasteiger partial charge in [0, 0.05) is 23.4 Å². The largest absolute Gasteiger partial charge is 0.493 e. The molecule has 2 aromatic rings. The van der Waals surface area contributed by atoms with Gasteiger partial charge in [0.15, 0.2) is 5.96 Å². The van der Waals surface area contributed by atoms with Gasteiger partial charge in [-0.1, -0.05) is 18.2 Å². The van der Waals surface area contributed by atoms with Crippen molar-refractivity contribution in [2.24, 2.45) is 4.99 Å². The van der Waals surface area contributed by atoms with Crippen molar-refractivity contribution in [2.75, 3.05) is 13.2 Å². The lowest BCUT2D eigenvalue weighted by atomic mass is 10.0. The van der Waals surface area contributed by atoms with Crippen LogP contribution < -0.4 is 15.4 Å². The first-order valence-corrected chi connectivity index (χ1v) is 9.18. The molecule has 1 atom stereocenters. The van der Waals surface area contributed by atoms with Crippen molar-refractivity contribution in [3.05, 3.63) is 45.4 Å². The van der Waals surface area contributed by atoms with Crippen LogP contribution in [0.3, 0.4) is 0 Å². The Labute approximate surface area is 170 Å². The van der Waals surface area contributed by atoms with Crippen LogP contribution in [0.1, 0.15) is 40.5 Å². The van der Waals surface area contributed by atoms with Gasteiger partial charge in [-0.25, -0.2) is 9.98 Å². The summed E-state index contributed by atoms with van der Waals surface area (Å²) in [6.07, 6.45) is 0.927. The molecule has 2 N–H and O–H groups in total. The number of nitrogens with zero attached hydrogens (tertiary/aromatic N) is 2. The molecule has 1 unspecified atom stereocenters. The van der Waals surface area contributed by atoms with E-state index in [0.717, 1.165) is 42.0 Å². The van der Waals surface area contributed by atoms with Gasteiger partial charge in [-0.3, -0.25) is 0 Å². The zero-order valence-corrected chi connectivity index (χ0v) is 18.0. The Kier molecular flexibility index (Phi) is 7.49. The normalized spacial score (nSPS) is 16.4. The van der Waals surface area contributed by atoms with Gasteiger partial charge in [-0.15, -0.1) is 35.3 Å². The number of benzene rings is 1. The first-order valence-electron chi connectivity index (χ1n) is 8.37. The van der Waals surface area contributed by atoms with Gasteiger partial charge in [0.2, 0.25) is 0 Å². The highest BCUT2D eigenvalue weighted by molar-refractivity contribution is 14.0.